The van der Waals surface area contributed by atoms with Crippen LogP contribution >= 0.6 is 0 Å². The van der Waals surface area contributed by atoms with E-state index in [-0.39, 0.29) is 6.04 Å². The summed E-state index contributed by atoms with van der Waals surface area (Å²) in [4.78, 5) is 2.41. The molecule has 0 radical (unpaired) electrons. The molecule has 3 heteroatoms. The zero-order valence-electron chi connectivity index (χ0n) is 11.7. The van der Waals surface area contributed by atoms with E-state index >= 15 is 0 Å². The van der Waals surface area contributed by atoms with Crippen LogP contribution < -0.4 is 11.1 Å². The first kappa shape index (κ1) is 13.5. The predicted octanol–water partition coefficient (Wildman–Crippen LogP) is 1.60. The van der Waals surface area contributed by atoms with Gasteiger partial charge in [-0.2, -0.15) is 0 Å². The normalized spacial score (nSPS) is 23.0. The van der Waals surface area contributed by atoms with E-state index in [4.69, 9.17) is 5.73 Å². The number of nitrogens with zero attached hydrogens (tertiary/aromatic N) is 1. The van der Waals surface area contributed by atoms with Gasteiger partial charge in [-0.05, 0) is 44.0 Å². The second-order valence-corrected chi connectivity index (χ2v) is 5.52. The SMILES string of the molecule is Cc1ccc(C(N)CC2CNCCN2C)cc1C. The highest BCUT2D eigenvalue weighted by Gasteiger charge is 2.21. The zero-order valence-corrected chi connectivity index (χ0v) is 11.7. The predicted molar refractivity (Wildman–Crippen MR) is 76.7 cm³/mol. The summed E-state index contributed by atoms with van der Waals surface area (Å²) >= 11 is 0. The average Bonchev–Trinajstić information content (AvgIpc) is 2.35. The van der Waals surface area contributed by atoms with Crippen molar-refractivity contribution in [1.82, 2.24) is 10.2 Å². The molecule has 100 valence electrons. The van der Waals surface area contributed by atoms with Crippen molar-refractivity contribution in [2.24, 2.45) is 5.73 Å². The Morgan fingerprint density at radius 1 is 1.39 bits per heavy atom. The van der Waals surface area contributed by atoms with Crippen LogP contribution in [-0.4, -0.2) is 37.6 Å². The molecule has 1 aromatic rings. The molecule has 0 amide bonds. The number of aryl methyl sites for hydroxylation is 2. The van der Waals surface area contributed by atoms with Crippen molar-refractivity contribution in [3.63, 3.8) is 0 Å². The number of hydrogen-bond donors (Lipinski definition) is 2. The smallest absolute Gasteiger partial charge is 0.0310 e. The van der Waals surface area contributed by atoms with Crippen LogP contribution in [0.3, 0.4) is 0 Å². The van der Waals surface area contributed by atoms with Gasteiger partial charge in [0, 0.05) is 31.7 Å². The lowest BCUT2D eigenvalue weighted by atomic mass is 9.96. The molecule has 0 saturated carbocycles. The maximum absolute atomic E-state index is 6.35. The third-order valence-electron chi connectivity index (χ3n) is 4.13. The van der Waals surface area contributed by atoms with Crippen molar-refractivity contribution in [3.8, 4) is 0 Å². The highest BCUT2D eigenvalue weighted by atomic mass is 15.2. The number of benzene rings is 1. The fourth-order valence-electron chi connectivity index (χ4n) is 2.55. The summed E-state index contributed by atoms with van der Waals surface area (Å²) in [5.41, 5.74) is 10.3. The fourth-order valence-corrected chi connectivity index (χ4v) is 2.55. The van der Waals surface area contributed by atoms with Gasteiger partial charge in [0.05, 0.1) is 0 Å². The summed E-state index contributed by atoms with van der Waals surface area (Å²) in [5, 5.41) is 3.45. The van der Waals surface area contributed by atoms with Crippen LogP contribution in [0.5, 0.6) is 0 Å². The van der Waals surface area contributed by atoms with Gasteiger partial charge in [-0.1, -0.05) is 18.2 Å². The molecular weight excluding hydrogens is 222 g/mol. The fraction of sp³-hybridized carbons (Fsp3) is 0.600. The van der Waals surface area contributed by atoms with E-state index in [1.807, 2.05) is 0 Å². The molecule has 2 atom stereocenters. The van der Waals surface area contributed by atoms with Crippen molar-refractivity contribution < 1.29 is 0 Å². The minimum Gasteiger partial charge on any atom is -0.324 e. The number of nitrogens with two attached hydrogens (primary N) is 1. The largest absolute Gasteiger partial charge is 0.324 e. The maximum Gasteiger partial charge on any atom is 0.0310 e. The van der Waals surface area contributed by atoms with Gasteiger partial charge in [0.1, 0.15) is 0 Å². The number of piperazine rings is 1. The minimum atomic E-state index is 0.136. The van der Waals surface area contributed by atoms with Crippen molar-refractivity contribution in [3.05, 3.63) is 34.9 Å². The Morgan fingerprint density at radius 2 is 2.17 bits per heavy atom. The third-order valence-corrected chi connectivity index (χ3v) is 4.13. The number of likely N-dealkylation sites (N-methyl/N-ethyl adjacent to an activating group) is 1. The lowest BCUT2D eigenvalue weighted by Crippen LogP contribution is -2.50. The molecule has 2 rings (SSSR count). The van der Waals surface area contributed by atoms with Crippen molar-refractivity contribution in [1.29, 1.82) is 0 Å². The number of rotatable bonds is 3. The molecule has 1 aliphatic heterocycles. The molecule has 1 saturated heterocycles. The van der Waals surface area contributed by atoms with Gasteiger partial charge in [0.25, 0.3) is 0 Å². The Morgan fingerprint density at radius 3 is 2.83 bits per heavy atom. The summed E-state index contributed by atoms with van der Waals surface area (Å²) < 4.78 is 0. The monoisotopic (exact) mass is 247 g/mol. The molecule has 0 bridgehead atoms. The highest BCUT2D eigenvalue weighted by molar-refractivity contribution is 5.31. The molecule has 1 aliphatic rings. The van der Waals surface area contributed by atoms with Crippen molar-refractivity contribution in [2.45, 2.75) is 32.4 Å². The van der Waals surface area contributed by atoms with Crippen LogP contribution in [0.15, 0.2) is 18.2 Å². The Balaban J connectivity index is 2.02. The zero-order chi connectivity index (χ0) is 13.1. The standard InChI is InChI=1S/C15H25N3/c1-11-4-5-13(8-12(11)2)15(16)9-14-10-17-6-7-18(14)3/h4-5,8,14-15,17H,6-7,9-10,16H2,1-3H3. The molecule has 1 aromatic carbocycles. The summed E-state index contributed by atoms with van der Waals surface area (Å²) in [6.07, 6.45) is 1.02. The molecule has 0 aliphatic carbocycles. The molecule has 0 aromatic heterocycles. The van der Waals surface area contributed by atoms with E-state index in [0.29, 0.717) is 6.04 Å². The first-order valence-corrected chi connectivity index (χ1v) is 6.81. The summed E-state index contributed by atoms with van der Waals surface area (Å²) in [6, 6.07) is 7.26. The molecule has 2 unspecified atom stereocenters. The molecule has 0 spiro atoms. The van der Waals surface area contributed by atoms with Crippen LogP contribution in [0.1, 0.15) is 29.2 Å². The highest BCUT2D eigenvalue weighted by Crippen LogP contribution is 2.21. The van der Waals surface area contributed by atoms with E-state index in [0.717, 1.165) is 26.1 Å². The Kier molecular flexibility index (Phi) is 4.38. The lowest BCUT2D eigenvalue weighted by Gasteiger charge is -2.34. The molecular formula is C15H25N3. The summed E-state index contributed by atoms with van der Waals surface area (Å²) in [6.45, 7) is 7.55. The van der Waals surface area contributed by atoms with Crippen LogP contribution in [0, 0.1) is 13.8 Å². The van der Waals surface area contributed by atoms with E-state index in [9.17, 15) is 0 Å². The molecule has 3 nitrogen and oxygen atoms in total. The Bertz CT molecular complexity index is 403. The molecule has 3 N–H and O–H groups in total. The van der Waals surface area contributed by atoms with E-state index in [1.165, 1.54) is 16.7 Å². The van der Waals surface area contributed by atoms with Gasteiger partial charge >= 0.3 is 0 Å². The third kappa shape index (κ3) is 3.10. The molecule has 18 heavy (non-hydrogen) atoms. The van der Waals surface area contributed by atoms with E-state index in [2.05, 4.69) is 49.3 Å². The molecule has 1 fully saturated rings. The second-order valence-electron chi connectivity index (χ2n) is 5.52. The number of hydrogen-bond acceptors (Lipinski definition) is 3. The molecule has 1 heterocycles. The van der Waals surface area contributed by atoms with Gasteiger partial charge in [0.15, 0.2) is 0 Å². The summed E-state index contributed by atoms with van der Waals surface area (Å²) in [5.74, 6) is 0. The van der Waals surface area contributed by atoms with Gasteiger partial charge < -0.3 is 16.0 Å². The van der Waals surface area contributed by atoms with Crippen LogP contribution in [0.25, 0.3) is 0 Å². The van der Waals surface area contributed by atoms with Crippen LogP contribution in [0.4, 0.5) is 0 Å². The minimum absolute atomic E-state index is 0.136. The van der Waals surface area contributed by atoms with Gasteiger partial charge in [0.2, 0.25) is 0 Å². The van der Waals surface area contributed by atoms with Gasteiger partial charge in [-0.15, -0.1) is 0 Å². The lowest BCUT2D eigenvalue weighted by molar-refractivity contribution is 0.182. The summed E-state index contributed by atoms with van der Waals surface area (Å²) in [7, 11) is 2.19. The van der Waals surface area contributed by atoms with E-state index < -0.39 is 0 Å². The van der Waals surface area contributed by atoms with Crippen molar-refractivity contribution in [2.75, 3.05) is 26.7 Å². The quantitative estimate of drug-likeness (QED) is 0.852. The van der Waals surface area contributed by atoms with Crippen LogP contribution in [0.2, 0.25) is 0 Å². The second kappa shape index (κ2) is 5.83. The van der Waals surface area contributed by atoms with Gasteiger partial charge in [-0.3, -0.25) is 0 Å². The van der Waals surface area contributed by atoms with Crippen molar-refractivity contribution >= 4 is 0 Å². The maximum atomic E-state index is 6.35. The Hall–Kier alpha value is -0.900. The first-order chi connectivity index (χ1) is 8.58. The van der Waals surface area contributed by atoms with E-state index in [1.54, 1.807) is 0 Å². The first-order valence-electron chi connectivity index (χ1n) is 6.81. The van der Waals surface area contributed by atoms with Crippen LogP contribution in [-0.2, 0) is 0 Å². The average molecular weight is 247 g/mol. The Labute approximate surface area is 110 Å². The topological polar surface area (TPSA) is 41.3 Å². The number of nitrogens with one attached hydrogen (secondary N) is 1. The van der Waals surface area contributed by atoms with Gasteiger partial charge in [-0.25, -0.2) is 0 Å².